The molecular weight excluding hydrogens is 258 g/mol. The van der Waals surface area contributed by atoms with E-state index in [1.54, 1.807) is 0 Å². The number of alkyl halides is 4. The fraction of sp³-hybridized carbons (Fsp3) is 0.800. The van der Waals surface area contributed by atoms with Gasteiger partial charge in [-0.25, -0.2) is 13.6 Å². The predicted molar refractivity (Wildman–Crippen MR) is 54.8 cm³/mol. The molecule has 0 saturated heterocycles. The quantitative estimate of drug-likeness (QED) is 0.632. The van der Waals surface area contributed by atoms with Crippen molar-refractivity contribution in [2.45, 2.75) is 51.2 Å². The van der Waals surface area contributed by atoms with Crippen molar-refractivity contribution in [2.75, 3.05) is 0 Å². The highest BCUT2D eigenvalue weighted by Gasteiger charge is 2.58. The van der Waals surface area contributed by atoms with Crippen LogP contribution in [-0.2, 0) is 9.53 Å². The van der Waals surface area contributed by atoms with Crippen LogP contribution in [0.4, 0.5) is 22.4 Å². The Labute approximate surface area is 102 Å². The van der Waals surface area contributed by atoms with Crippen LogP contribution in [0.15, 0.2) is 0 Å². The zero-order valence-electron chi connectivity index (χ0n) is 10.4. The second-order valence-corrected chi connectivity index (χ2v) is 4.87. The topological polar surface area (TPSA) is 55.4 Å². The van der Waals surface area contributed by atoms with Gasteiger partial charge in [0.25, 0.3) is 0 Å². The molecule has 0 rings (SSSR count). The van der Waals surface area contributed by atoms with Gasteiger partial charge in [0.05, 0.1) is 0 Å². The van der Waals surface area contributed by atoms with Crippen LogP contribution in [0.2, 0.25) is 0 Å². The van der Waals surface area contributed by atoms with Gasteiger partial charge in [0.15, 0.2) is 11.8 Å². The molecule has 106 valence electrons. The minimum absolute atomic E-state index is 0.441. The number of nitrogens with one attached hydrogen (secondary N) is 1. The Bertz CT molecular complexity index is 328. The van der Waals surface area contributed by atoms with Gasteiger partial charge in [0.2, 0.25) is 0 Å². The van der Waals surface area contributed by atoms with Crippen LogP contribution >= 0.6 is 0 Å². The van der Waals surface area contributed by atoms with E-state index in [1.165, 1.54) is 26.1 Å². The SMILES string of the molecule is CC(C)(C)OC(=O)NC(C)(C=O)C(F)(F)C(F)F. The summed E-state index contributed by atoms with van der Waals surface area (Å²) in [6.07, 6.45) is -5.91. The summed E-state index contributed by atoms with van der Waals surface area (Å²) >= 11 is 0. The molecule has 1 unspecified atom stereocenters. The molecule has 0 bridgehead atoms. The highest BCUT2D eigenvalue weighted by atomic mass is 19.3. The van der Waals surface area contributed by atoms with E-state index in [0.29, 0.717) is 6.92 Å². The average Bonchev–Trinajstić information content (AvgIpc) is 2.13. The molecule has 18 heavy (non-hydrogen) atoms. The molecule has 0 saturated carbocycles. The number of halogens is 4. The molecule has 0 heterocycles. The first kappa shape index (κ1) is 16.7. The maximum absolute atomic E-state index is 13.1. The van der Waals surface area contributed by atoms with Crippen molar-refractivity contribution in [1.82, 2.24) is 5.32 Å². The third-order valence-electron chi connectivity index (χ3n) is 1.96. The molecule has 0 aliphatic rings. The van der Waals surface area contributed by atoms with Crippen molar-refractivity contribution in [3.63, 3.8) is 0 Å². The van der Waals surface area contributed by atoms with Crippen LogP contribution in [0.3, 0.4) is 0 Å². The smallest absolute Gasteiger partial charge is 0.408 e. The van der Waals surface area contributed by atoms with Crippen LogP contribution in [0.5, 0.6) is 0 Å². The van der Waals surface area contributed by atoms with Crippen molar-refractivity contribution in [1.29, 1.82) is 0 Å². The standard InChI is InChI=1S/C10H15F4NO3/c1-8(2,3)18-7(17)15-9(4,5-16)10(13,14)6(11)12/h5-6H,1-4H3,(H,15,17). The number of amides is 1. The maximum atomic E-state index is 13.1. The molecule has 0 fully saturated rings. The van der Waals surface area contributed by atoms with Gasteiger partial charge in [-0.15, -0.1) is 0 Å². The fourth-order valence-electron chi connectivity index (χ4n) is 0.934. The van der Waals surface area contributed by atoms with E-state index in [9.17, 15) is 27.2 Å². The fourth-order valence-corrected chi connectivity index (χ4v) is 0.934. The summed E-state index contributed by atoms with van der Waals surface area (Å²) in [7, 11) is 0. The van der Waals surface area contributed by atoms with E-state index in [2.05, 4.69) is 4.74 Å². The Kier molecular flexibility index (Phi) is 4.73. The van der Waals surface area contributed by atoms with Crippen molar-refractivity contribution in [3.05, 3.63) is 0 Å². The number of alkyl carbamates (subject to hydrolysis) is 1. The largest absolute Gasteiger partial charge is 0.444 e. The molecule has 0 aliphatic carbocycles. The van der Waals surface area contributed by atoms with Gasteiger partial charge in [-0.3, -0.25) is 0 Å². The first-order valence-corrected chi connectivity index (χ1v) is 4.99. The Morgan fingerprint density at radius 1 is 1.22 bits per heavy atom. The first-order valence-electron chi connectivity index (χ1n) is 4.99. The van der Waals surface area contributed by atoms with E-state index >= 15 is 0 Å². The van der Waals surface area contributed by atoms with Crippen molar-refractivity contribution in [2.24, 2.45) is 0 Å². The van der Waals surface area contributed by atoms with Gasteiger partial charge in [-0.1, -0.05) is 0 Å². The number of carbonyl (C=O) groups excluding carboxylic acids is 2. The lowest BCUT2D eigenvalue weighted by atomic mass is 9.96. The molecule has 1 atom stereocenters. The molecule has 0 aliphatic heterocycles. The predicted octanol–water partition coefficient (Wildman–Crippen LogP) is 2.37. The summed E-state index contributed by atoms with van der Waals surface area (Å²) in [6.45, 7) is 4.86. The average molecular weight is 273 g/mol. The van der Waals surface area contributed by atoms with E-state index in [1.807, 2.05) is 0 Å². The Hall–Kier alpha value is -1.34. The third-order valence-corrected chi connectivity index (χ3v) is 1.96. The molecule has 0 aromatic heterocycles. The number of ether oxygens (including phenoxy) is 1. The number of rotatable bonds is 4. The lowest BCUT2D eigenvalue weighted by Gasteiger charge is -2.33. The minimum atomic E-state index is -4.70. The van der Waals surface area contributed by atoms with Gasteiger partial charge < -0.3 is 14.8 Å². The minimum Gasteiger partial charge on any atom is -0.444 e. The normalized spacial score (nSPS) is 16.1. The van der Waals surface area contributed by atoms with Crippen LogP contribution < -0.4 is 5.32 Å². The molecule has 0 spiro atoms. The van der Waals surface area contributed by atoms with Crippen LogP contribution in [0, 0.1) is 0 Å². The van der Waals surface area contributed by atoms with E-state index in [0.717, 1.165) is 0 Å². The first-order chi connectivity index (χ1) is 7.85. The van der Waals surface area contributed by atoms with Gasteiger partial charge in [-0.2, -0.15) is 8.78 Å². The summed E-state index contributed by atoms with van der Waals surface area (Å²) in [5.41, 5.74) is -4.04. The number of aldehydes is 1. The van der Waals surface area contributed by atoms with E-state index in [-0.39, 0.29) is 0 Å². The molecule has 0 aromatic rings. The van der Waals surface area contributed by atoms with Crippen molar-refractivity contribution in [3.8, 4) is 0 Å². The van der Waals surface area contributed by atoms with Crippen LogP contribution in [-0.4, -0.2) is 35.9 Å². The number of hydrogen-bond acceptors (Lipinski definition) is 3. The second kappa shape index (κ2) is 5.11. The van der Waals surface area contributed by atoms with Gasteiger partial charge in [0.1, 0.15) is 5.60 Å². The second-order valence-electron chi connectivity index (χ2n) is 4.87. The zero-order chi connectivity index (χ0) is 14.8. The Morgan fingerprint density at radius 2 is 1.67 bits per heavy atom. The van der Waals surface area contributed by atoms with E-state index < -0.39 is 35.9 Å². The summed E-state index contributed by atoms with van der Waals surface area (Å²) in [6, 6.07) is 0. The maximum Gasteiger partial charge on any atom is 0.408 e. The number of hydrogen-bond donors (Lipinski definition) is 1. The third kappa shape index (κ3) is 3.85. The monoisotopic (exact) mass is 273 g/mol. The van der Waals surface area contributed by atoms with Gasteiger partial charge in [-0.05, 0) is 27.7 Å². The molecular formula is C10H15F4NO3. The molecule has 1 amide bonds. The molecule has 8 heteroatoms. The highest BCUT2D eigenvalue weighted by Crippen LogP contribution is 2.33. The molecule has 4 nitrogen and oxygen atoms in total. The van der Waals surface area contributed by atoms with Gasteiger partial charge >= 0.3 is 18.4 Å². The zero-order valence-corrected chi connectivity index (χ0v) is 10.4. The molecule has 1 N–H and O–H groups in total. The summed E-state index contributed by atoms with van der Waals surface area (Å²) in [5, 5.41) is 1.46. The molecule has 0 radical (unpaired) electrons. The summed E-state index contributed by atoms with van der Waals surface area (Å²) in [5.74, 6) is -4.70. The van der Waals surface area contributed by atoms with Crippen molar-refractivity contribution >= 4 is 12.4 Å². The Morgan fingerprint density at radius 3 is 1.94 bits per heavy atom. The highest BCUT2D eigenvalue weighted by molar-refractivity contribution is 5.77. The van der Waals surface area contributed by atoms with E-state index in [4.69, 9.17) is 0 Å². The number of carbonyl (C=O) groups is 2. The van der Waals surface area contributed by atoms with Crippen LogP contribution in [0.1, 0.15) is 27.7 Å². The lowest BCUT2D eigenvalue weighted by molar-refractivity contribution is -0.178. The van der Waals surface area contributed by atoms with Crippen LogP contribution in [0.25, 0.3) is 0 Å². The molecule has 0 aromatic carbocycles. The lowest BCUT2D eigenvalue weighted by Crippen LogP contribution is -2.63. The summed E-state index contributed by atoms with van der Waals surface area (Å²) in [4.78, 5) is 21.8. The Balaban J connectivity index is 5.00. The van der Waals surface area contributed by atoms with Crippen molar-refractivity contribution < 1.29 is 31.9 Å². The summed E-state index contributed by atoms with van der Waals surface area (Å²) < 4.78 is 55.3. The van der Waals surface area contributed by atoms with Gasteiger partial charge in [0, 0.05) is 0 Å².